The van der Waals surface area contributed by atoms with Gasteiger partial charge in [0.2, 0.25) is 10.0 Å². The quantitative estimate of drug-likeness (QED) is 0.851. The van der Waals surface area contributed by atoms with Gasteiger partial charge >= 0.3 is 0 Å². The molecule has 2 aromatic carbocycles. The molecule has 0 radical (unpaired) electrons. The number of benzene rings is 2. The van der Waals surface area contributed by atoms with Crippen molar-refractivity contribution in [1.29, 1.82) is 0 Å². The zero-order valence-corrected chi connectivity index (χ0v) is 14.9. The highest BCUT2D eigenvalue weighted by molar-refractivity contribution is 7.89. The molecule has 0 aromatic heterocycles. The molecule has 0 fully saturated rings. The Hall–Kier alpha value is -2.45. The van der Waals surface area contributed by atoms with E-state index in [1.54, 1.807) is 19.1 Å². The van der Waals surface area contributed by atoms with Crippen molar-refractivity contribution in [2.75, 3.05) is 0 Å². The molecule has 6 nitrogen and oxygen atoms in total. The highest BCUT2D eigenvalue weighted by atomic mass is 32.2. The maximum atomic E-state index is 13.2. The molecule has 3 N–H and O–H groups in total. The van der Waals surface area contributed by atoms with Crippen LogP contribution in [0.4, 0.5) is 4.39 Å². The summed E-state index contributed by atoms with van der Waals surface area (Å²) in [5.41, 5.74) is 1.35. The fourth-order valence-electron chi connectivity index (χ4n) is 2.89. The van der Waals surface area contributed by atoms with Gasteiger partial charge in [-0.25, -0.2) is 17.9 Å². The molecule has 1 amide bonds. The molecule has 138 valence electrons. The Bertz CT molecular complexity index is 946. The van der Waals surface area contributed by atoms with Crippen molar-refractivity contribution in [3.8, 4) is 5.75 Å². The first-order valence-electron chi connectivity index (χ1n) is 8.12. The Labute approximate surface area is 151 Å². The molecular weight excluding hydrogens is 359 g/mol. The van der Waals surface area contributed by atoms with Crippen molar-refractivity contribution in [1.82, 2.24) is 5.32 Å². The molecule has 1 aliphatic heterocycles. The molecule has 26 heavy (non-hydrogen) atoms. The number of primary sulfonamides is 1. The summed E-state index contributed by atoms with van der Waals surface area (Å²) >= 11 is 0. The minimum atomic E-state index is -3.81. The highest BCUT2D eigenvalue weighted by Crippen LogP contribution is 2.28. The third kappa shape index (κ3) is 4.03. The number of carbonyl (C=O) groups is 1. The molecular formula is C18H19FN2O4S. The van der Waals surface area contributed by atoms with Gasteiger partial charge in [0.05, 0.1) is 10.9 Å². The third-order valence-electron chi connectivity index (χ3n) is 4.31. The maximum absolute atomic E-state index is 13.2. The summed E-state index contributed by atoms with van der Waals surface area (Å²) in [6, 6.07) is 9.89. The van der Waals surface area contributed by atoms with Crippen LogP contribution >= 0.6 is 0 Å². The van der Waals surface area contributed by atoms with E-state index in [1.165, 1.54) is 30.3 Å². The first-order valence-corrected chi connectivity index (χ1v) is 9.67. The molecule has 0 aliphatic carbocycles. The van der Waals surface area contributed by atoms with Crippen molar-refractivity contribution >= 4 is 15.9 Å². The Kier molecular flexibility index (Phi) is 4.97. The fourth-order valence-corrected chi connectivity index (χ4v) is 3.46. The van der Waals surface area contributed by atoms with Crippen molar-refractivity contribution in [3.05, 3.63) is 59.4 Å². The van der Waals surface area contributed by atoms with Crippen LogP contribution in [0.1, 0.15) is 30.5 Å². The van der Waals surface area contributed by atoms with E-state index in [4.69, 9.17) is 9.88 Å². The topological polar surface area (TPSA) is 98.5 Å². The van der Waals surface area contributed by atoms with Gasteiger partial charge in [0.1, 0.15) is 11.6 Å². The molecule has 0 saturated heterocycles. The molecule has 0 spiro atoms. The van der Waals surface area contributed by atoms with Crippen molar-refractivity contribution in [2.45, 2.75) is 36.8 Å². The number of rotatable bonds is 4. The number of carbonyl (C=O) groups excluding carboxylic acids is 1. The monoisotopic (exact) mass is 378 g/mol. The first-order chi connectivity index (χ1) is 12.2. The first kappa shape index (κ1) is 18.3. The van der Waals surface area contributed by atoms with Gasteiger partial charge in [0.25, 0.3) is 5.91 Å². The predicted octanol–water partition coefficient (Wildman–Crippen LogP) is 2.04. The Balaban J connectivity index is 1.69. The lowest BCUT2D eigenvalue weighted by Crippen LogP contribution is -2.41. The second-order valence-electron chi connectivity index (χ2n) is 6.24. The van der Waals surface area contributed by atoms with E-state index in [1.807, 2.05) is 0 Å². The second kappa shape index (κ2) is 7.05. The summed E-state index contributed by atoms with van der Waals surface area (Å²) in [5.74, 6) is -0.145. The number of nitrogens with two attached hydrogens (primary N) is 1. The van der Waals surface area contributed by atoms with Crippen LogP contribution in [0.5, 0.6) is 5.75 Å². The fraction of sp³-hybridized carbons (Fsp3) is 0.278. The SMILES string of the molecule is CC(NC(=O)C1CCc2cc(F)ccc2O1)c1cccc(S(N)(=O)=O)c1. The van der Waals surface area contributed by atoms with E-state index in [9.17, 15) is 17.6 Å². The van der Waals surface area contributed by atoms with Gasteiger partial charge in [-0.2, -0.15) is 0 Å². The van der Waals surface area contributed by atoms with Gasteiger partial charge in [-0.3, -0.25) is 4.79 Å². The molecule has 1 heterocycles. The predicted molar refractivity (Wildman–Crippen MR) is 93.5 cm³/mol. The summed E-state index contributed by atoms with van der Waals surface area (Å²) in [5, 5.41) is 7.95. The number of fused-ring (bicyclic) bond motifs is 1. The molecule has 0 saturated carbocycles. The number of ether oxygens (including phenoxy) is 1. The third-order valence-corrected chi connectivity index (χ3v) is 5.22. The molecule has 2 atom stereocenters. The normalized spacial score (nSPS) is 17.7. The smallest absolute Gasteiger partial charge is 0.261 e. The molecule has 0 bridgehead atoms. The number of nitrogens with one attached hydrogen (secondary N) is 1. The Morgan fingerprint density at radius 3 is 2.81 bits per heavy atom. The number of sulfonamides is 1. The van der Waals surface area contributed by atoms with Crippen molar-refractivity contribution in [3.63, 3.8) is 0 Å². The van der Waals surface area contributed by atoms with Crippen LogP contribution < -0.4 is 15.2 Å². The lowest BCUT2D eigenvalue weighted by atomic mass is 10.0. The van der Waals surface area contributed by atoms with Crippen LogP contribution in [0.25, 0.3) is 0 Å². The van der Waals surface area contributed by atoms with Crippen LogP contribution in [0, 0.1) is 5.82 Å². The number of amides is 1. The highest BCUT2D eigenvalue weighted by Gasteiger charge is 2.27. The number of halogens is 1. The lowest BCUT2D eigenvalue weighted by Gasteiger charge is -2.26. The van der Waals surface area contributed by atoms with E-state index in [0.717, 1.165) is 5.56 Å². The number of hydrogen-bond donors (Lipinski definition) is 2. The molecule has 2 unspecified atom stereocenters. The summed E-state index contributed by atoms with van der Waals surface area (Å²) < 4.78 is 41.8. The van der Waals surface area contributed by atoms with Gasteiger partial charge in [-0.1, -0.05) is 12.1 Å². The van der Waals surface area contributed by atoms with Crippen LogP contribution in [0.15, 0.2) is 47.4 Å². The summed E-state index contributed by atoms with van der Waals surface area (Å²) in [7, 11) is -3.81. The zero-order chi connectivity index (χ0) is 18.9. The molecule has 1 aliphatic rings. The second-order valence-corrected chi connectivity index (χ2v) is 7.81. The van der Waals surface area contributed by atoms with Crippen LogP contribution in [-0.2, 0) is 21.2 Å². The van der Waals surface area contributed by atoms with E-state index < -0.39 is 22.2 Å². The van der Waals surface area contributed by atoms with Crippen LogP contribution in [0.2, 0.25) is 0 Å². The molecule has 3 rings (SSSR count). The standard InChI is InChI=1S/C18H19FN2O4S/c1-11(12-3-2-4-15(10-12)26(20,23)24)21-18(22)17-7-5-13-9-14(19)6-8-16(13)25-17/h2-4,6,8-11,17H,5,7H2,1H3,(H,21,22)(H2,20,23,24). The Morgan fingerprint density at radius 2 is 2.08 bits per heavy atom. The average molecular weight is 378 g/mol. The number of hydrogen-bond acceptors (Lipinski definition) is 4. The van der Waals surface area contributed by atoms with Gasteiger partial charge in [0, 0.05) is 0 Å². The van der Waals surface area contributed by atoms with E-state index >= 15 is 0 Å². The van der Waals surface area contributed by atoms with Crippen LogP contribution in [0.3, 0.4) is 0 Å². The zero-order valence-electron chi connectivity index (χ0n) is 14.1. The number of aryl methyl sites for hydroxylation is 1. The average Bonchev–Trinajstić information content (AvgIpc) is 2.60. The summed E-state index contributed by atoms with van der Waals surface area (Å²) in [6.45, 7) is 1.74. The molecule has 8 heteroatoms. The van der Waals surface area contributed by atoms with Crippen LogP contribution in [-0.4, -0.2) is 20.4 Å². The van der Waals surface area contributed by atoms with E-state index in [-0.39, 0.29) is 16.6 Å². The summed E-state index contributed by atoms with van der Waals surface area (Å²) in [4.78, 5) is 12.5. The van der Waals surface area contributed by atoms with Gasteiger partial charge in [0.15, 0.2) is 6.10 Å². The molecule has 2 aromatic rings. The largest absolute Gasteiger partial charge is 0.480 e. The summed E-state index contributed by atoms with van der Waals surface area (Å²) in [6.07, 6.45) is 0.295. The van der Waals surface area contributed by atoms with Gasteiger partial charge in [-0.15, -0.1) is 0 Å². The van der Waals surface area contributed by atoms with Gasteiger partial charge in [-0.05, 0) is 61.2 Å². The maximum Gasteiger partial charge on any atom is 0.261 e. The minimum Gasteiger partial charge on any atom is -0.480 e. The van der Waals surface area contributed by atoms with Crippen molar-refractivity contribution in [2.24, 2.45) is 5.14 Å². The van der Waals surface area contributed by atoms with E-state index in [0.29, 0.717) is 24.2 Å². The van der Waals surface area contributed by atoms with E-state index in [2.05, 4.69) is 5.32 Å². The Morgan fingerprint density at radius 1 is 1.31 bits per heavy atom. The van der Waals surface area contributed by atoms with Crippen molar-refractivity contribution < 1.29 is 22.3 Å². The lowest BCUT2D eigenvalue weighted by molar-refractivity contribution is -0.129. The minimum absolute atomic E-state index is 0.0130. The van der Waals surface area contributed by atoms with Gasteiger partial charge < -0.3 is 10.1 Å².